The van der Waals surface area contributed by atoms with Crippen molar-refractivity contribution in [2.75, 3.05) is 7.05 Å². The van der Waals surface area contributed by atoms with Gasteiger partial charge in [-0.25, -0.2) is 0 Å². The van der Waals surface area contributed by atoms with Crippen molar-refractivity contribution in [2.24, 2.45) is 0 Å². The van der Waals surface area contributed by atoms with Gasteiger partial charge in [-0.05, 0) is 6.92 Å². The van der Waals surface area contributed by atoms with Gasteiger partial charge in [-0.2, -0.15) is 2.79 Å². The molecule has 40 valence electrons. The summed E-state index contributed by atoms with van der Waals surface area (Å²) in [7, 11) is 1.97. The van der Waals surface area contributed by atoms with Gasteiger partial charge >= 0.3 is 22.9 Å². The largest absolute Gasteiger partial charge is 0.347 e. The zero-order valence-electron chi connectivity index (χ0n) is 4.61. The van der Waals surface area contributed by atoms with Crippen molar-refractivity contribution in [3.63, 3.8) is 0 Å². The van der Waals surface area contributed by atoms with Crippen molar-refractivity contribution >= 4 is 29.1 Å². The molecule has 0 heterocycles. The van der Waals surface area contributed by atoms with E-state index in [1.165, 1.54) is 0 Å². The summed E-state index contributed by atoms with van der Waals surface area (Å²) in [5, 5.41) is 0. The fraction of sp³-hybridized carbons (Fsp3) is 0.400. The summed E-state index contributed by atoms with van der Waals surface area (Å²) >= 11 is 2.17. The standard InChI is InChI=1S/C5H9IN/c1-5(2)4-7(3)6/h4H,1H2,2-3H3/q+1/b7-4+. The average Bonchev–Trinajstić information content (AvgIpc) is 1.27. The highest BCUT2D eigenvalue weighted by Gasteiger charge is 1.83. The minimum absolute atomic E-state index is 1.08. The zero-order chi connectivity index (χ0) is 5.86. The summed E-state index contributed by atoms with van der Waals surface area (Å²) < 4.78 is 1.94. The van der Waals surface area contributed by atoms with Gasteiger partial charge in [-0.3, -0.25) is 0 Å². The number of hydrogen-bond donors (Lipinski definition) is 0. The SMILES string of the molecule is C=C(C)/C=[N+](\C)I. The van der Waals surface area contributed by atoms with Gasteiger partial charge in [-0.1, -0.05) is 6.58 Å². The number of allylic oxidation sites excluding steroid dienone is 1. The molecule has 0 bridgehead atoms. The van der Waals surface area contributed by atoms with Gasteiger partial charge in [0.05, 0.1) is 0 Å². The lowest BCUT2D eigenvalue weighted by atomic mass is 10.4. The van der Waals surface area contributed by atoms with Crippen LogP contribution in [0.15, 0.2) is 12.2 Å². The third kappa shape index (κ3) is 6.14. The lowest BCUT2D eigenvalue weighted by Gasteiger charge is -1.77. The van der Waals surface area contributed by atoms with E-state index in [2.05, 4.69) is 29.4 Å². The third-order valence-corrected chi connectivity index (χ3v) is 0.677. The van der Waals surface area contributed by atoms with Crippen LogP contribution in [0.3, 0.4) is 0 Å². The second kappa shape index (κ2) is 3.18. The Labute approximate surface area is 58.2 Å². The summed E-state index contributed by atoms with van der Waals surface area (Å²) in [5.74, 6) is 0. The number of nitrogens with zero attached hydrogens (tertiary/aromatic N) is 1. The van der Waals surface area contributed by atoms with Gasteiger partial charge < -0.3 is 0 Å². The van der Waals surface area contributed by atoms with Crippen LogP contribution in [-0.2, 0) is 0 Å². The molecule has 0 fully saturated rings. The fourth-order valence-corrected chi connectivity index (χ4v) is 0.779. The predicted octanol–water partition coefficient (Wildman–Crippen LogP) is 1.63. The van der Waals surface area contributed by atoms with Crippen LogP contribution < -0.4 is 0 Å². The molecule has 0 aliphatic carbocycles. The molecule has 0 saturated heterocycles. The van der Waals surface area contributed by atoms with E-state index in [0.717, 1.165) is 5.57 Å². The second-order valence-corrected chi connectivity index (χ2v) is 3.02. The van der Waals surface area contributed by atoms with Gasteiger partial charge in [-0.15, -0.1) is 0 Å². The summed E-state index contributed by atoms with van der Waals surface area (Å²) in [5.41, 5.74) is 1.08. The van der Waals surface area contributed by atoms with E-state index in [9.17, 15) is 0 Å². The Morgan fingerprint density at radius 1 is 1.86 bits per heavy atom. The molecular formula is C5H9IN+. The topological polar surface area (TPSA) is 3.01 Å². The summed E-state index contributed by atoms with van der Waals surface area (Å²) in [6.45, 7) is 5.66. The molecule has 0 aliphatic heterocycles. The van der Waals surface area contributed by atoms with Crippen molar-refractivity contribution in [3.05, 3.63) is 12.2 Å². The molecule has 7 heavy (non-hydrogen) atoms. The molecule has 1 nitrogen and oxygen atoms in total. The van der Waals surface area contributed by atoms with Gasteiger partial charge in [0.2, 0.25) is 0 Å². The molecular weight excluding hydrogens is 201 g/mol. The molecule has 0 saturated carbocycles. The molecule has 0 rings (SSSR count). The quantitative estimate of drug-likeness (QED) is 0.351. The van der Waals surface area contributed by atoms with E-state index in [4.69, 9.17) is 0 Å². The van der Waals surface area contributed by atoms with Crippen LogP contribution >= 0.6 is 22.9 Å². The summed E-state index contributed by atoms with van der Waals surface area (Å²) in [6.07, 6.45) is 1.96. The first-order valence-electron chi connectivity index (χ1n) is 2.02. The van der Waals surface area contributed by atoms with E-state index < -0.39 is 0 Å². The summed E-state index contributed by atoms with van der Waals surface area (Å²) in [6, 6.07) is 0. The van der Waals surface area contributed by atoms with Gasteiger partial charge in [0.15, 0.2) is 6.21 Å². The van der Waals surface area contributed by atoms with Crippen molar-refractivity contribution in [2.45, 2.75) is 6.92 Å². The molecule has 0 aliphatic rings. The van der Waals surface area contributed by atoms with Crippen LogP contribution in [0, 0.1) is 0 Å². The van der Waals surface area contributed by atoms with Crippen LogP contribution in [0.25, 0.3) is 0 Å². The molecule has 0 aromatic carbocycles. The molecule has 0 radical (unpaired) electrons. The van der Waals surface area contributed by atoms with Crippen molar-refractivity contribution in [1.29, 1.82) is 0 Å². The minimum atomic E-state index is 1.08. The molecule has 0 aromatic rings. The first-order chi connectivity index (χ1) is 3.13. The Morgan fingerprint density at radius 2 is 2.29 bits per heavy atom. The van der Waals surface area contributed by atoms with E-state index in [0.29, 0.717) is 0 Å². The second-order valence-electron chi connectivity index (χ2n) is 1.50. The van der Waals surface area contributed by atoms with Crippen LogP contribution in [0.5, 0.6) is 0 Å². The lowest BCUT2D eigenvalue weighted by Crippen LogP contribution is -1.89. The first kappa shape index (κ1) is 7.14. The third-order valence-electron chi connectivity index (χ3n) is 0.398. The van der Waals surface area contributed by atoms with Gasteiger partial charge in [0, 0.05) is 5.57 Å². The van der Waals surface area contributed by atoms with Crippen LogP contribution in [0.4, 0.5) is 0 Å². The summed E-state index contributed by atoms with van der Waals surface area (Å²) in [4.78, 5) is 0. The van der Waals surface area contributed by atoms with Crippen molar-refractivity contribution in [3.8, 4) is 0 Å². The highest BCUT2D eigenvalue weighted by molar-refractivity contribution is 14.1. The van der Waals surface area contributed by atoms with E-state index in [-0.39, 0.29) is 0 Å². The monoisotopic (exact) mass is 210 g/mol. The van der Waals surface area contributed by atoms with Crippen LogP contribution in [-0.4, -0.2) is 16.1 Å². The van der Waals surface area contributed by atoms with E-state index >= 15 is 0 Å². The molecule has 0 spiro atoms. The molecule has 0 aromatic heterocycles. The maximum absolute atomic E-state index is 3.69. The Kier molecular flexibility index (Phi) is 3.25. The fourth-order valence-electron chi connectivity index (χ4n) is 0.304. The molecule has 0 unspecified atom stereocenters. The van der Waals surface area contributed by atoms with Gasteiger partial charge in [0.25, 0.3) is 0 Å². The Bertz CT molecular complexity index is 101. The van der Waals surface area contributed by atoms with Gasteiger partial charge in [0.1, 0.15) is 7.05 Å². The number of halogens is 1. The predicted molar refractivity (Wildman–Crippen MR) is 41.1 cm³/mol. The van der Waals surface area contributed by atoms with Crippen LogP contribution in [0.1, 0.15) is 6.92 Å². The Balaban J connectivity index is 3.68. The maximum Gasteiger partial charge on any atom is 0.347 e. The Morgan fingerprint density at radius 3 is 2.29 bits per heavy atom. The van der Waals surface area contributed by atoms with Crippen molar-refractivity contribution < 1.29 is 2.79 Å². The Hall–Kier alpha value is 0.140. The first-order valence-corrected chi connectivity index (χ1v) is 2.98. The maximum atomic E-state index is 3.69. The zero-order valence-corrected chi connectivity index (χ0v) is 6.77. The lowest BCUT2D eigenvalue weighted by molar-refractivity contribution is -0.244. The van der Waals surface area contributed by atoms with Crippen LogP contribution in [0.2, 0.25) is 0 Å². The van der Waals surface area contributed by atoms with E-state index in [1.807, 2.05) is 23.0 Å². The number of rotatable bonds is 1. The molecule has 0 atom stereocenters. The normalized spacial score (nSPS) is 11.6. The smallest absolute Gasteiger partial charge is 0.178 e. The molecule has 2 heteroatoms. The highest BCUT2D eigenvalue weighted by Crippen LogP contribution is 1.83. The van der Waals surface area contributed by atoms with Crippen molar-refractivity contribution in [1.82, 2.24) is 0 Å². The minimum Gasteiger partial charge on any atom is -0.178 e. The highest BCUT2D eigenvalue weighted by atomic mass is 127. The molecule has 0 N–H and O–H groups in total. The van der Waals surface area contributed by atoms with E-state index in [1.54, 1.807) is 0 Å². The number of hydrogen-bond acceptors (Lipinski definition) is 0. The average molecular weight is 210 g/mol. The molecule has 0 amide bonds.